The Morgan fingerprint density at radius 3 is 2.08 bits per heavy atom. The molecule has 4 rings (SSSR count). The van der Waals surface area contributed by atoms with Gasteiger partial charge in [0.15, 0.2) is 0 Å². The summed E-state index contributed by atoms with van der Waals surface area (Å²) < 4.78 is 0. The number of H-pyrrole nitrogens is 1. The molecule has 0 aliphatic carbocycles. The molecule has 1 N–H and O–H groups in total. The van der Waals surface area contributed by atoms with Crippen molar-refractivity contribution in [2.24, 2.45) is 0 Å². The van der Waals surface area contributed by atoms with Gasteiger partial charge < -0.3 is 4.98 Å². The third kappa shape index (κ3) is 3.57. The molecule has 2 heterocycles. The highest BCUT2D eigenvalue weighted by Gasteiger charge is 2.19. The molecule has 4 heteroatoms. The Morgan fingerprint density at radius 1 is 0.808 bits per heavy atom. The van der Waals surface area contributed by atoms with Crippen molar-refractivity contribution < 1.29 is 0 Å². The molecule has 26 heavy (non-hydrogen) atoms. The van der Waals surface area contributed by atoms with E-state index in [0.29, 0.717) is 0 Å². The Balaban J connectivity index is 1.45. The minimum atomic E-state index is 0.00882. The summed E-state index contributed by atoms with van der Waals surface area (Å²) in [7, 11) is 0. The first-order valence-electron chi connectivity index (χ1n) is 9.30. The minimum Gasteiger partial charge on any atom is -0.326 e. The van der Waals surface area contributed by atoms with Crippen LogP contribution in [0.25, 0.3) is 10.8 Å². The van der Waals surface area contributed by atoms with Gasteiger partial charge in [-0.3, -0.25) is 14.6 Å². The SMILES string of the molecule is Cc1[nH]c(=O)c2ccccc2c1CN1CCN(Cc2ccccc2)CC1. The molecular formula is C22H25N3O. The standard InChI is InChI=1S/C22H25N3O/c1-17-21(19-9-5-6-10-20(19)22(26)23-17)16-25-13-11-24(12-14-25)15-18-7-3-2-4-8-18/h2-10H,11-16H2,1H3,(H,23,26). The van der Waals surface area contributed by atoms with E-state index in [4.69, 9.17) is 0 Å². The van der Waals surface area contributed by atoms with Gasteiger partial charge in [-0.05, 0) is 29.5 Å². The highest BCUT2D eigenvalue weighted by Crippen LogP contribution is 2.20. The molecular weight excluding hydrogens is 322 g/mol. The van der Waals surface area contributed by atoms with E-state index in [-0.39, 0.29) is 5.56 Å². The molecule has 1 saturated heterocycles. The Labute approximate surface area is 154 Å². The lowest BCUT2D eigenvalue weighted by Gasteiger charge is -2.35. The summed E-state index contributed by atoms with van der Waals surface area (Å²) in [6.45, 7) is 8.19. The number of aryl methyl sites for hydroxylation is 1. The maximum atomic E-state index is 12.2. The predicted molar refractivity (Wildman–Crippen MR) is 106 cm³/mol. The number of rotatable bonds is 4. The number of benzene rings is 2. The lowest BCUT2D eigenvalue weighted by atomic mass is 10.0. The topological polar surface area (TPSA) is 39.3 Å². The largest absolute Gasteiger partial charge is 0.326 e. The van der Waals surface area contributed by atoms with Crippen LogP contribution in [0.5, 0.6) is 0 Å². The molecule has 0 unspecified atom stereocenters. The molecule has 0 amide bonds. The molecule has 0 atom stereocenters. The summed E-state index contributed by atoms with van der Waals surface area (Å²) in [5.74, 6) is 0. The lowest BCUT2D eigenvalue weighted by Crippen LogP contribution is -2.45. The van der Waals surface area contributed by atoms with E-state index in [1.54, 1.807) is 0 Å². The van der Waals surface area contributed by atoms with Crippen molar-refractivity contribution in [3.05, 3.63) is 81.8 Å². The van der Waals surface area contributed by atoms with Crippen molar-refractivity contribution in [3.63, 3.8) is 0 Å². The number of hydrogen-bond donors (Lipinski definition) is 1. The van der Waals surface area contributed by atoms with Crippen LogP contribution in [0.4, 0.5) is 0 Å². The second kappa shape index (κ2) is 7.44. The van der Waals surface area contributed by atoms with Gasteiger partial charge in [0, 0.05) is 50.3 Å². The second-order valence-electron chi connectivity index (χ2n) is 7.14. The Morgan fingerprint density at radius 2 is 1.38 bits per heavy atom. The van der Waals surface area contributed by atoms with Crippen molar-refractivity contribution in [3.8, 4) is 0 Å². The van der Waals surface area contributed by atoms with Crippen LogP contribution in [0.15, 0.2) is 59.4 Å². The number of nitrogens with zero attached hydrogens (tertiary/aromatic N) is 2. The molecule has 0 saturated carbocycles. The van der Waals surface area contributed by atoms with E-state index in [2.05, 4.69) is 51.2 Å². The van der Waals surface area contributed by atoms with Crippen LogP contribution in [0.3, 0.4) is 0 Å². The predicted octanol–water partition coefficient (Wildman–Crippen LogP) is 3.15. The number of aromatic amines is 1. The van der Waals surface area contributed by atoms with Crippen LogP contribution in [0.1, 0.15) is 16.8 Å². The van der Waals surface area contributed by atoms with Gasteiger partial charge in [-0.15, -0.1) is 0 Å². The summed E-state index contributed by atoms with van der Waals surface area (Å²) in [5, 5.41) is 1.87. The van der Waals surface area contributed by atoms with Crippen molar-refractivity contribution in [1.29, 1.82) is 0 Å². The number of pyridine rings is 1. The molecule has 4 nitrogen and oxygen atoms in total. The van der Waals surface area contributed by atoms with Gasteiger partial charge in [-0.1, -0.05) is 48.5 Å². The van der Waals surface area contributed by atoms with E-state index in [1.165, 1.54) is 11.1 Å². The van der Waals surface area contributed by atoms with Crippen molar-refractivity contribution in [1.82, 2.24) is 14.8 Å². The molecule has 3 aromatic rings. The van der Waals surface area contributed by atoms with E-state index in [9.17, 15) is 4.79 Å². The first-order chi connectivity index (χ1) is 12.7. The van der Waals surface area contributed by atoms with Crippen LogP contribution in [0, 0.1) is 6.92 Å². The number of fused-ring (bicyclic) bond motifs is 1. The van der Waals surface area contributed by atoms with Gasteiger partial charge in [0.2, 0.25) is 0 Å². The monoisotopic (exact) mass is 347 g/mol. The van der Waals surface area contributed by atoms with Crippen molar-refractivity contribution >= 4 is 10.8 Å². The zero-order valence-electron chi connectivity index (χ0n) is 15.2. The summed E-state index contributed by atoms with van der Waals surface area (Å²) >= 11 is 0. The highest BCUT2D eigenvalue weighted by molar-refractivity contribution is 5.85. The quantitative estimate of drug-likeness (QED) is 0.788. The maximum Gasteiger partial charge on any atom is 0.256 e. The zero-order valence-corrected chi connectivity index (χ0v) is 15.2. The summed E-state index contributed by atoms with van der Waals surface area (Å²) in [5.41, 5.74) is 3.62. The van der Waals surface area contributed by atoms with Crippen molar-refractivity contribution in [2.75, 3.05) is 26.2 Å². The van der Waals surface area contributed by atoms with Crippen LogP contribution in [0.2, 0.25) is 0 Å². The van der Waals surface area contributed by atoms with E-state index < -0.39 is 0 Å². The van der Waals surface area contributed by atoms with Gasteiger partial charge in [0.1, 0.15) is 0 Å². The fourth-order valence-corrected chi connectivity index (χ4v) is 3.83. The third-order valence-corrected chi connectivity index (χ3v) is 5.35. The number of piperazine rings is 1. The van der Waals surface area contributed by atoms with Gasteiger partial charge in [-0.2, -0.15) is 0 Å². The number of aromatic nitrogens is 1. The number of nitrogens with one attached hydrogen (secondary N) is 1. The summed E-state index contributed by atoms with van der Waals surface area (Å²) in [6.07, 6.45) is 0. The lowest BCUT2D eigenvalue weighted by molar-refractivity contribution is 0.122. The normalized spacial score (nSPS) is 16.2. The van der Waals surface area contributed by atoms with Crippen LogP contribution in [-0.4, -0.2) is 41.0 Å². The smallest absolute Gasteiger partial charge is 0.256 e. The first kappa shape index (κ1) is 17.0. The molecule has 1 fully saturated rings. The van der Waals surface area contributed by atoms with Gasteiger partial charge in [0.05, 0.1) is 0 Å². The van der Waals surface area contributed by atoms with E-state index in [1.807, 2.05) is 25.1 Å². The molecule has 0 spiro atoms. The van der Waals surface area contributed by atoms with Crippen LogP contribution >= 0.6 is 0 Å². The minimum absolute atomic E-state index is 0.00882. The van der Waals surface area contributed by atoms with E-state index in [0.717, 1.165) is 55.7 Å². The van der Waals surface area contributed by atoms with Crippen molar-refractivity contribution in [2.45, 2.75) is 20.0 Å². The Bertz CT molecular complexity index is 941. The molecule has 1 aliphatic heterocycles. The molecule has 134 valence electrons. The molecule has 1 aromatic heterocycles. The second-order valence-corrected chi connectivity index (χ2v) is 7.14. The summed E-state index contributed by atoms with van der Waals surface area (Å²) in [6, 6.07) is 18.6. The van der Waals surface area contributed by atoms with Crippen LogP contribution < -0.4 is 5.56 Å². The molecule has 1 aliphatic rings. The zero-order chi connectivity index (χ0) is 17.9. The third-order valence-electron chi connectivity index (χ3n) is 5.35. The van der Waals surface area contributed by atoms with E-state index >= 15 is 0 Å². The Hall–Kier alpha value is -2.43. The van der Waals surface area contributed by atoms with Gasteiger partial charge in [-0.25, -0.2) is 0 Å². The summed E-state index contributed by atoms with van der Waals surface area (Å²) in [4.78, 5) is 20.2. The molecule has 2 aromatic carbocycles. The van der Waals surface area contributed by atoms with Gasteiger partial charge in [0.25, 0.3) is 5.56 Å². The Kier molecular flexibility index (Phi) is 4.87. The fourth-order valence-electron chi connectivity index (χ4n) is 3.83. The highest BCUT2D eigenvalue weighted by atomic mass is 16.1. The average molecular weight is 347 g/mol. The first-order valence-corrected chi connectivity index (χ1v) is 9.30. The average Bonchev–Trinajstić information content (AvgIpc) is 2.67. The molecule has 0 radical (unpaired) electrons. The van der Waals surface area contributed by atoms with Gasteiger partial charge >= 0.3 is 0 Å². The molecule has 0 bridgehead atoms. The number of hydrogen-bond acceptors (Lipinski definition) is 3. The fraction of sp³-hybridized carbons (Fsp3) is 0.318. The van der Waals surface area contributed by atoms with Crippen LogP contribution in [-0.2, 0) is 13.1 Å². The maximum absolute atomic E-state index is 12.2.